The smallest absolute Gasteiger partial charge is 0.224 e. The Bertz CT molecular complexity index is 693. The largest absolute Gasteiger partial charge is 0.493 e. The highest BCUT2D eigenvalue weighted by Gasteiger charge is 2.14. The first-order valence-electron chi connectivity index (χ1n) is 7.09. The van der Waals surface area contributed by atoms with E-state index in [-0.39, 0.29) is 5.91 Å². The summed E-state index contributed by atoms with van der Waals surface area (Å²) < 4.78 is 15.5. The van der Waals surface area contributed by atoms with E-state index in [0.717, 1.165) is 17.0 Å². The molecule has 0 saturated carbocycles. The van der Waals surface area contributed by atoms with Gasteiger partial charge in [-0.1, -0.05) is 16.8 Å². The molecule has 0 bridgehead atoms. The molecule has 6 nitrogen and oxygen atoms in total. The summed E-state index contributed by atoms with van der Waals surface area (Å²) in [5, 5.41) is 7.04. The first-order chi connectivity index (χ1) is 11.0. The first-order valence-corrected chi connectivity index (χ1v) is 7.47. The molecule has 0 atom stereocenters. The molecule has 1 N–H and O–H groups in total. The molecular formula is C16H19ClN2O4. The molecule has 0 radical (unpaired) electrons. The molecule has 0 spiro atoms. The van der Waals surface area contributed by atoms with Crippen LogP contribution in [0.1, 0.15) is 23.4 Å². The Hall–Kier alpha value is -2.21. The Morgan fingerprint density at radius 3 is 2.48 bits per heavy atom. The zero-order valence-corrected chi connectivity index (χ0v) is 14.3. The van der Waals surface area contributed by atoms with E-state index in [2.05, 4.69) is 10.5 Å². The van der Waals surface area contributed by atoms with E-state index in [0.29, 0.717) is 35.1 Å². The van der Waals surface area contributed by atoms with Gasteiger partial charge in [0.25, 0.3) is 0 Å². The number of anilines is 1. The van der Waals surface area contributed by atoms with Crippen LogP contribution in [0, 0.1) is 13.8 Å². The van der Waals surface area contributed by atoms with Gasteiger partial charge in [-0.25, -0.2) is 0 Å². The van der Waals surface area contributed by atoms with Crippen LogP contribution in [0.15, 0.2) is 16.7 Å². The van der Waals surface area contributed by atoms with Gasteiger partial charge in [0.1, 0.15) is 5.76 Å². The number of methoxy groups -OCH3 is 2. The van der Waals surface area contributed by atoms with Crippen molar-refractivity contribution in [1.82, 2.24) is 5.16 Å². The molecule has 0 fully saturated rings. The minimum atomic E-state index is -0.154. The number of aryl methyl sites for hydroxylation is 2. The maximum atomic E-state index is 12.1. The molecule has 0 aliphatic rings. The summed E-state index contributed by atoms with van der Waals surface area (Å²) in [4.78, 5) is 12.1. The second-order valence-corrected chi connectivity index (χ2v) is 5.45. The van der Waals surface area contributed by atoms with E-state index in [4.69, 9.17) is 25.6 Å². The van der Waals surface area contributed by atoms with Gasteiger partial charge in [0.2, 0.25) is 5.91 Å². The Morgan fingerprint density at radius 2 is 1.91 bits per heavy atom. The molecule has 0 aliphatic heterocycles. The molecule has 1 aromatic carbocycles. The zero-order chi connectivity index (χ0) is 17.0. The fraction of sp³-hybridized carbons (Fsp3) is 0.375. The number of nitrogens with zero attached hydrogens (tertiary/aromatic N) is 1. The van der Waals surface area contributed by atoms with Crippen molar-refractivity contribution in [2.75, 3.05) is 19.5 Å². The predicted octanol–water partition coefficient (Wildman–Crippen LogP) is 3.53. The number of nitrogens with one attached hydrogen (secondary N) is 1. The summed E-state index contributed by atoms with van der Waals surface area (Å²) in [6, 6.07) is 3.24. The molecule has 23 heavy (non-hydrogen) atoms. The monoisotopic (exact) mass is 338 g/mol. The van der Waals surface area contributed by atoms with Crippen LogP contribution in [0.4, 0.5) is 5.69 Å². The lowest BCUT2D eigenvalue weighted by Gasteiger charge is -2.12. The highest BCUT2D eigenvalue weighted by Crippen LogP contribution is 2.36. The molecular weight excluding hydrogens is 320 g/mol. The van der Waals surface area contributed by atoms with Crippen LogP contribution in [0.3, 0.4) is 0 Å². The second-order valence-electron chi connectivity index (χ2n) is 5.04. The fourth-order valence-electron chi connectivity index (χ4n) is 2.26. The molecule has 124 valence electrons. The quantitative estimate of drug-likeness (QED) is 0.872. The predicted molar refractivity (Wildman–Crippen MR) is 87.5 cm³/mol. The fourth-order valence-corrected chi connectivity index (χ4v) is 2.46. The van der Waals surface area contributed by atoms with Crippen LogP contribution in [0.5, 0.6) is 11.5 Å². The Kier molecular flexibility index (Phi) is 5.50. The summed E-state index contributed by atoms with van der Waals surface area (Å²) >= 11 is 6.16. The van der Waals surface area contributed by atoms with Gasteiger partial charge in [-0.3, -0.25) is 4.79 Å². The number of halogens is 1. The van der Waals surface area contributed by atoms with E-state index >= 15 is 0 Å². The van der Waals surface area contributed by atoms with Crippen molar-refractivity contribution < 1.29 is 18.8 Å². The normalized spacial score (nSPS) is 10.5. The number of hydrogen-bond donors (Lipinski definition) is 1. The third kappa shape index (κ3) is 3.96. The molecule has 1 amide bonds. The average Bonchev–Trinajstić information content (AvgIpc) is 2.85. The van der Waals surface area contributed by atoms with Gasteiger partial charge in [-0.15, -0.1) is 0 Å². The molecule has 2 rings (SSSR count). The van der Waals surface area contributed by atoms with Crippen molar-refractivity contribution in [3.8, 4) is 11.5 Å². The summed E-state index contributed by atoms with van der Waals surface area (Å²) in [6.45, 7) is 3.69. The van der Waals surface area contributed by atoms with Gasteiger partial charge in [0.05, 0.1) is 30.6 Å². The molecule has 7 heteroatoms. The van der Waals surface area contributed by atoms with E-state index in [1.165, 1.54) is 14.2 Å². The number of hydrogen-bond acceptors (Lipinski definition) is 5. The lowest BCUT2D eigenvalue weighted by atomic mass is 10.1. The molecule has 0 unspecified atom stereocenters. The van der Waals surface area contributed by atoms with E-state index < -0.39 is 0 Å². The van der Waals surface area contributed by atoms with Crippen LogP contribution in [0.2, 0.25) is 5.02 Å². The highest BCUT2D eigenvalue weighted by atomic mass is 35.5. The third-order valence-corrected chi connectivity index (χ3v) is 3.84. The van der Waals surface area contributed by atoms with Crippen LogP contribution in [0.25, 0.3) is 0 Å². The maximum absolute atomic E-state index is 12.1. The SMILES string of the molecule is COc1cc(Cl)c(NC(=O)CCc2c(C)noc2C)cc1OC. The first kappa shape index (κ1) is 17.1. The van der Waals surface area contributed by atoms with Crippen molar-refractivity contribution in [3.05, 3.63) is 34.2 Å². The Balaban J connectivity index is 2.05. The lowest BCUT2D eigenvalue weighted by molar-refractivity contribution is -0.116. The van der Waals surface area contributed by atoms with E-state index in [1.54, 1.807) is 12.1 Å². The summed E-state index contributed by atoms with van der Waals surface area (Å²) in [7, 11) is 3.05. The van der Waals surface area contributed by atoms with Gasteiger partial charge < -0.3 is 19.3 Å². The summed E-state index contributed by atoms with van der Waals surface area (Å²) in [6.07, 6.45) is 0.853. The number of carbonyl (C=O) groups excluding carboxylic acids is 1. The van der Waals surface area contributed by atoms with Gasteiger partial charge in [-0.05, 0) is 20.3 Å². The van der Waals surface area contributed by atoms with E-state index in [9.17, 15) is 4.79 Å². The number of aromatic nitrogens is 1. The van der Waals surface area contributed by atoms with Crippen molar-refractivity contribution >= 4 is 23.2 Å². The number of amides is 1. The average molecular weight is 339 g/mol. The molecule has 2 aromatic rings. The highest BCUT2D eigenvalue weighted by molar-refractivity contribution is 6.34. The van der Waals surface area contributed by atoms with Crippen LogP contribution in [-0.4, -0.2) is 25.3 Å². The van der Waals surface area contributed by atoms with Gasteiger partial charge in [0, 0.05) is 24.1 Å². The van der Waals surface area contributed by atoms with Crippen LogP contribution >= 0.6 is 11.6 Å². The Labute approximate surface area is 139 Å². The molecule has 0 aliphatic carbocycles. The van der Waals surface area contributed by atoms with E-state index in [1.807, 2.05) is 13.8 Å². The molecule has 0 saturated heterocycles. The standard InChI is InChI=1S/C16H19ClN2O4/c1-9-11(10(2)23-19-9)5-6-16(20)18-13-8-15(22-4)14(21-3)7-12(13)17/h7-8H,5-6H2,1-4H3,(H,18,20). The van der Waals surface area contributed by atoms with Gasteiger partial charge in [-0.2, -0.15) is 0 Å². The molecule has 1 aromatic heterocycles. The van der Waals surface area contributed by atoms with Crippen LogP contribution in [-0.2, 0) is 11.2 Å². The third-order valence-electron chi connectivity index (χ3n) is 3.53. The van der Waals surface area contributed by atoms with Gasteiger partial charge in [0.15, 0.2) is 11.5 Å². The minimum absolute atomic E-state index is 0.154. The Morgan fingerprint density at radius 1 is 1.26 bits per heavy atom. The second kappa shape index (κ2) is 7.37. The maximum Gasteiger partial charge on any atom is 0.224 e. The summed E-state index contributed by atoms with van der Waals surface area (Å²) in [5.41, 5.74) is 2.24. The van der Waals surface area contributed by atoms with Crippen molar-refractivity contribution in [2.45, 2.75) is 26.7 Å². The number of ether oxygens (including phenoxy) is 2. The van der Waals surface area contributed by atoms with Gasteiger partial charge >= 0.3 is 0 Å². The topological polar surface area (TPSA) is 73.6 Å². The number of carbonyl (C=O) groups is 1. The lowest BCUT2D eigenvalue weighted by Crippen LogP contribution is -2.13. The summed E-state index contributed by atoms with van der Waals surface area (Å²) in [5.74, 6) is 1.59. The number of rotatable bonds is 6. The zero-order valence-electron chi connectivity index (χ0n) is 13.5. The van der Waals surface area contributed by atoms with Crippen molar-refractivity contribution in [3.63, 3.8) is 0 Å². The van der Waals surface area contributed by atoms with Crippen molar-refractivity contribution in [2.24, 2.45) is 0 Å². The van der Waals surface area contributed by atoms with Crippen molar-refractivity contribution in [1.29, 1.82) is 0 Å². The number of benzene rings is 1. The minimum Gasteiger partial charge on any atom is -0.493 e. The molecule has 1 heterocycles. The van der Waals surface area contributed by atoms with Crippen LogP contribution < -0.4 is 14.8 Å².